The molecule has 8 heteroatoms. The number of hydrogen-bond acceptors (Lipinski definition) is 5. The van der Waals surface area contributed by atoms with Gasteiger partial charge in [-0.05, 0) is 36.2 Å². The quantitative estimate of drug-likeness (QED) is 0.663. The Bertz CT molecular complexity index is 858. The van der Waals surface area contributed by atoms with Crippen molar-refractivity contribution in [2.45, 2.75) is 13.1 Å². The number of ether oxygens (including phenoxy) is 2. The van der Waals surface area contributed by atoms with Gasteiger partial charge in [-0.1, -0.05) is 6.07 Å². The Labute approximate surface area is 151 Å². The molecular weight excluding hydrogens is 334 g/mol. The minimum absolute atomic E-state index is 0.204. The van der Waals surface area contributed by atoms with Crippen molar-refractivity contribution < 1.29 is 14.3 Å². The average molecular weight is 355 g/mol. The molecule has 0 spiro atoms. The van der Waals surface area contributed by atoms with Gasteiger partial charge in [-0.25, -0.2) is 0 Å². The molecule has 0 aliphatic rings. The number of nitrogens with zero attached hydrogens (tertiary/aromatic N) is 4. The number of hydrogen-bond donors (Lipinski definition) is 1. The normalized spacial score (nSPS) is 10.5. The van der Waals surface area contributed by atoms with Crippen LogP contribution in [0.1, 0.15) is 16.1 Å². The summed E-state index contributed by atoms with van der Waals surface area (Å²) in [6.07, 6.45) is 5.97. The van der Waals surface area contributed by atoms with E-state index in [-0.39, 0.29) is 5.91 Å². The summed E-state index contributed by atoms with van der Waals surface area (Å²) in [5.41, 5.74) is 1.43. The van der Waals surface area contributed by atoms with Crippen molar-refractivity contribution in [2.24, 2.45) is 0 Å². The van der Waals surface area contributed by atoms with Crippen LogP contribution in [0.15, 0.2) is 48.9 Å². The van der Waals surface area contributed by atoms with Crippen molar-refractivity contribution in [3.63, 3.8) is 0 Å². The molecule has 2 heterocycles. The predicted octanol–water partition coefficient (Wildman–Crippen LogP) is 1.58. The molecule has 8 nitrogen and oxygen atoms in total. The molecular formula is C18H21N5O3. The van der Waals surface area contributed by atoms with E-state index in [4.69, 9.17) is 9.47 Å². The molecule has 0 saturated carbocycles. The second-order valence-corrected chi connectivity index (χ2v) is 5.62. The van der Waals surface area contributed by atoms with Gasteiger partial charge in [-0.2, -0.15) is 10.2 Å². The maximum atomic E-state index is 12.2. The van der Waals surface area contributed by atoms with Gasteiger partial charge in [0.15, 0.2) is 11.5 Å². The third-order valence-electron chi connectivity index (χ3n) is 3.87. The zero-order valence-corrected chi connectivity index (χ0v) is 14.8. The van der Waals surface area contributed by atoms with Gasteiger partial charge in [0.05, 0.1) is 14.2 Å². The predicted molar refractivity (Wildman–Crippen MR) is 95.4 cm³/mol. The van der Waals surface area contributed by atoms with Crippen molar-refractivity contribution in [3.8, 4) is 11.5 Å². The summed E-state index contributed by atoms with van der Waals surface area (Å²) in [6.45, 7) is 0.965. The summed E-state index contributed by atoms with van der Waals surface area (Å²) in [7, 11) is 3.20. The minimum Gasteiger partial charge on any atom is -0.493 e. The Kier molecular flexibility index (Phi) is 5.52. The Balaban J connectivity index is 1.52. The highest BCUT2D eigenvalue weighted by atomic mass is 16.5. The van der Waals surface area contributed by atoms with Crippen LogP contribution >= 0.6 is 0 Å². The van der Waals surface area contributed by atoms with Crippen LogP contribution in [0.4, 0.5) is 0 Å². The standard InChI is InChI=1S/C18H21N5O3/c1-25-16-5-4-14(12-17(16)26-2)6-9-19-18(24)15-7-11-23(21-15)13-22-10-3-8-20-22/h3-5,7-8,10-12H,6,9,13H2,1-2H3,(H,19,24). The SMILES string of the molecule is COc1ccc(CCNC(=O)c2ccn(Cn3cccn3)n2)cc1OC. The molecule has 0 unspecified atom stereocenters. The first-order valence-electron chi connectivity index (χ1n) is 8.19. The number of amides is 1. The highest BCUT2D eigenvalue weighted by Crippen LogP contribution is 2.27. The molecule has 136 valence electrons. The second-order valence-electron chi connectivity index (χ2n) is 5.62. The smallest absolute Gasteiger partial charge is 0.271 e. The van der Waals surface area contributed by atoms with Crippen molar-refractivity contribution in [1.29, 1.82) is 0 Å². The maximum absolute atomic E-state index is 12.2. The monoisotopic (exact) mass is 355 g/mol. The fourth-order valence-corrected chi connectivity index (χ4v) is 2.54. The average Bonchev–Trinajstić information content (AvgIpc) is 3.34. The maximum Gasteiger partial charge on any atom is 0.271 e. The zero-order valence-electron chi connectivity index (χ0n) is 14.8. The van der Waals surface area contributed by atoms with Crippen molar-refractivity contribution in [1.82, 2.24) is 24.9 Å². The first-order chi connectivity index (χ1) is 12.7. The summed E-state index contributed by atoms with van der Waals surface area (Å²) < 4.78 is 13.9. The zero-order chi connectivity index (χ0) is 18.4. The molecule has 0 atom stereocenters. The molecule has 26 heavy (non-hydrogen) atoms. The van der Waals surface area contributed by atoms with Gasteiger partial charge in [-0.3, -0.25) is 14.2 Å². The third kappa shape index (κ3) is 4.21. The summed E-state index contributed by atoms with van der Waals surface area (Å²) in [6, 6.07) is 9.24. The van der Waals surface area contributed by atoms with E-state index in [0.717, 1.165) is 5.56 Å². The van der Waals surface area contributed by atoms with Crippen LogP contribution < -0.4 is 14.8 Å². The number of carbonyl (C=O) groups excluding carboxylic acids is 1. The van der Waals surface area contributed by atoms with Gasteiger partial charge >= 0.3 is 0 Å². The van der Waals surface area contributed by atoms with Crippen LogP contribution in [0.25, 0.3) is 0 Å². The molecule has 0 radical (unpaired) electrons. The third-order valence-corrected chi connectivity index (χ3v) is 3.87. The molecule has 0 fully saturated rings. The van der Waals surface area contributed by atoms with E-state index in [1.807, 2.05) is 30.5 Å². The molecule has 1 N–H and O–H groups in total. The van der Waals surface area contributed by atoms with Crippen LogP contribution in [0, 0.1) is 0 Å². The lowest BCUT2D eigenvalue weighted by Crippen LogP contribution is -2.26. The molecule has 0 saturated heterocycles. The van der Waals surface area contributed by atoms with Gasteiger partial charge in [0, 0.05) is 25.1 Å². The van der Waals surface area contributed by atoms with Crippen molar-refractivity contribution in [2.75, 3.05) is 20.8 Å². The number of carbonyl (C=O) groups is 1. The van der Waals surface area contributed by atoms with Gasteiger partial charge in [0.2, 0.25) is 0 Å². The Morgan fingerprint density at radius 1 is 1.12 bits per heavy atom. The number of aromatic nitrogens is 4. The first-order valence-corrected chi connectivity index (χ1v) is 8.19. The molecule has 0 bridgehead atoms. The largest absolute Gasteiger partial charge is 0.493 e. The highest BCUT2D eigenvalue weighted by Gasteiger charge is 2.10. The summed E-state index contributed by atoms with van der Waals surface area (Å²) in [5.74, 6) is 1.15. The summed E-state index contributed by atoms with van der Waals surface area (Å²) >= 11 is 0. The molecule has 0 aliphatic carbocycles. The minimum atomic E-state index is -0.204. The molecule has 1 amide bonds. The van der Waals surface area contributed by atoms with Gasteiger partial charge in [0.25, 0.3) is 5.91 Å². The summed E-state index contributed by atoms with van der Waals surface area (Å²) in [5, 5.41) is 11.3. The fourth-order valence-electron chi connectivity index (χ4n) is 2.54. The number of nitrogens with one attached hydrogen (secondary N) is 1. The highest BCUT2D eigenvalue weighted by molar-refractivity contribution is 5.92. The van der Waals surface area contributed by atoms with Crippen LogP contribution in [0.5, 0.6) is 11.5 Å². The Morgan fingerprint density at radius 3 is 2.69 bits per heavy atom. The molecule has 3 aromatic rings. The molecule has 3 rings (SSSR count). The van der Waals surface area contributed by atoms with E-state index in [2.05, 4.69) is 15.5 Å². The molecule has 2 aromatic heterocycles. The lowest BCUT2D eigenvalue weighted by Gasteiger charge is -2.09. The van der Waals surface area contributed by atoms with Crippen LogP contribution in [0.2, 0.25) is 0 Å². The van der Waals surface area contributed by atoms with Crippen LogP contribution in [-0.4, -0.2) is 46.2 Å². The number of benzene rings is 1. The fraction of sp³-hybridized carbons (Fsp3) is 0.278. The first kappa shape index (κ1) is 17.5. The van der Waals surface area contributed by atoms with Crippen molar-refractivity contribution in [3.05, 3.63) is 60.2 Å². The summed E-state index contributed by atoms with van der Waals surface area (Å²) in [4.78, 5) is 12.2. The van der Waals surface area contributed by atoms with Gasteiger partial charge in [-0.15, -0.1) is 0 Å². The second kappa shape index (κ2) is 8.19. The van der Waals surface area contributed by atoms with Crippen LogP contribution in [-0.2, 0) is 13.1 Å². The van der Waals surface area contributed by atoms with E-state index >= 15 is 0 Å². The Morgan fingerprint density at radius 2 is 1.96 bits per heavy atom. The lowest BCUT2D eigenvalue weighted by molar-refractivity contribution is 0.0948. The van der Waals surface area contributed by atoms with E-state index in [1.54, 1.807) is 42.0 Å². The number of rotatable bonds is 8. The van der Waals surface area contributed by atoms with Gasteiger partial charge < -0.3 is 14.8 Å². The number of methoxy groups -OCH3 is 2. The van der Waals surface area contributed by atoms with Crippen LogP contribution in [0.3, 0.4) is 0 Å². The van der Waals surface area contributed by atoms with E-state index in [9.17, 15) is 4.79 Å². The molecule has 0 aliphatic heterocycles. The van der Waals surface area contributed by atoms with E-state index in [1.165, 1.54) is 0 Å². The lowest BCUT2D eigenvalue weighted by atomic mass is 10.1. The Hall–Kier alpha value is -3.29. The van der Waals surface area contributed by atoms with E-state index < -0.39 is 0 Å². The topological polar surface area (TPSA) is 83.2 Å². The van der Waals surface area contributed by atoms with E-state index in [0.29, 0.717) is 36.8 Å². The van der Waals surface area contributed by atoms with Crippen molar-refractivity contribution >= 4 is 5.91 Å². The molecule has 1 aromatic carbocycles. The van der Waals surface area contributed by atoms with Gasteiger partial charge in [0.1, 0.15) is 12.4 Å².